The van der Waals surface area contributed by atoms with E-state index in [1.165, 1.54) is 50.8 Å². The first-order valence-corrected chi connectivity index (χ1v) is 13.8. The zero-order valence-corrected chi connectivity index (χ0v) is 22.0. The van der Waals surface area contributed by atoms with Gasteiger partial charge in [0, 0.05) is 18.2 Å². The predicted molar refractivity (Wildman–Crippen MR) is 138 cm³/mol. The van der Waals surface area contributed by atoms with Crippen molar-refractivity contribution in [2.75, 3.05) is 26.2 Å². The second-order valence-electron chi connectivity index (χ2n) is 12.4. The normalized spacial score (nSPS) is 26.5. The van der Waals surface area contributed by atoms with Crippen LogP contribution in [0.1, 0.15) is 87.6 Å². The molecule has 196 valence electrons. The molecule has 5 rings (SSSR count). The molecule has 1 saturated carbocycles. The van der Waals surface area contributed by atoms with Crippen molar-refractivity contribution in [3.05, 3.63) is 35.4 Å². The van der Waals surface area contributed by atoms with Crippen molar-refractivity contribution in [2.45, 2.75) is 95.9 Å². The van der Waals surface area contributed by atoms with E-state index in [0.29, 0.717) is 30.9 Å². The van der Waals surface area contributed by atoms with Gasteiger partial charge in [-0.15, -0.1) is 0 Å². The number of piperidine rings is 1. The van der Waals surface area contributed by atoms with Crippen LogP contribution in [0.2, 0.25) is 0 Å². The monoisotopic (exact) mass is 495 g/mol. The number of nitrogens with one attached hydrogen (secondary N) is 1. The van der Waals surface area contributed by atoms with Crippen molar-refractivity contribution in [1.29, 1.82) is 0 Å². The molecule has 3 heterocycles. The lowest BCUT2D eigenvalue weighted by molar-refractivity contribution is -0.138. The molecule has 7 heteroatoms. The topological polar surface area (TPSA) is 79.0 Å². The quantitative estimate of drug-likeness (QED) is 0.653. The van der Waals surface area contributed by atoms with E-state index in [4.69, 9.17) is 4.74 Å². The highest BCUT2D eigenvalue weighted by atomic mass is 16.5. The average molecular weight is 496 g/mol. The fraction of sp³-hybridized carbons (Fsp3) is 0.690. The second kappa shape index (κ2) is 10.3. The molecule has 0 spiro atoms. The van der Waals surface area contributed by atoms with E-state index in [1.54, 1.807) is 4.90 Å². The third kappa shape index (κ3) is 5.37. The van der Waals surface area contributed by atoms with Crippen molar-refractivity contribution in [3.63, 3.8) is 0 Å². The highest BCUT2D eigenvalue weighted by Gasteiger charge is 2.48. The van der Waals surface area contributed by atoms with Crippen molar-refractivity contribution < 1.29 is 19.1 Å². The van der Waals surface area contributed by atoms with Gasteiger partial charge >= 0.3 is 0 Å². The van der Waals surface area contributed by atoms with Crippen LogP contribution < -0.4 is 5.32 Å². The van der Waals surface area contributed by atoms with Crippen LogP contribution in [-0.2, 0) is 14.3 Å². The molecule has 0 aromatic heterocycles. The van der Waals surface area contributed by atoms with Crippen LogP contribution in [0, 0.1) is 5.41 Å². The highest BCUT2D eigenvalue weighted by molar-refractivity contribution is 5.99. The number of fused-ring (bicyclic) bond motifs is 1. The van der Waals surface area contributed by atoms with Gasteiger partial charge in [0.2, 0.25) is 5.91 Å². The Bertz CT molecular complexity index is 973. The van der Waals surface area contributed by atoms with Crippen LogP contribution in [0.25, 0.3) is 0 Å². The van der Waals surface area contributed by atoms with Gasteiger partial charge in [0.05, 0.1) is 6.10 Å². The summed E-state index contributed by atoms with van der Waals surface area (Å²) in [5.74, 6) is 0.0805. The van der Waals surface area contributed by atoms with E-state index in [-0.39, 0.29) is 35.7 Å². The summed E-state index contributed by atoms with van der Waals surface area (Å²) in [7, 11) is 0. The molecule has 3 atom stereocenters. The molecule has 1 aromatic carbocycles. The smallest absolute Gasteiger partial charge is 0.251 e. The van der Waals surface area contributed by atoms with E-state index in [9.17, 15) is 14.4 Å². The lowest BCUT2D eigenvalue weighted by Gasteiger charge is -2.42. The Morgan fingerprint density at radius 1 is 1.03 bits per heavy atom. The molecule has 7 nitrogen and oxygen atoms in total. The second-order valence-corrected chi connectivity index (χ2v) is 12.4. The molecule has 0 radical (unpaired) electrons. The van der Waals surface area contributed by atoms with Crippen LogP contribution >= 0.6 is 0 Å². The number of Topliss-reactive ketones (excluding diaryl/α,β-unsaturated/α-hetero) is 1. The van der Waals surface area contributed by atoms with Gasteiger partial charge < -0.3 is 19.9 Å². The largest absolute Gasteiger partial charge is 0.368 e. The minimum atomic E-state index is -0.680. The zero-order chi connectivity index (χ0) is 25.4. The minimum absolute atomic E-state index is 0.0409. The molecule has 1 aromatic rings. The summed E-state index contributed by atoms with van der Waals surface area (Å²) in [6.45, 7) is 9.06. The summed E-state index contributed by atoms with van der Waals surface area (Å²) in [4.78, 5) is 43.4. The van der Waals surface area contributed by atoms with Gasteiger partial charge in [-0.2, -0.15) is 0 Å². The fourth-order valence-electron chi connectivity index (χ4n) is 6.35. The Hall–Kier alpha value is -2.25. The summed E-state index contributed by atoms with van der Waals surface area (Å²) in [6.07, 6.45) is 7.39. The Kier molecular flexibility index (Phi) is 7.23. The number of benzene rings is 1. The summed E-state index contributed by atoms with van der Waals surface area (Å²) in [5.41, 5.74) is 1.70. The van der Waals surface area contributed by atoms with E-state index in [2.05, 4.69) is 43.1 Å². The van der Waals surface area contributed by atoms with E-state index in [1.807, 2.05) is 12.1 Å². The number of ketones is 1. The number of likely N-dealkylation sites (tertiary alicyclic amines) is 2. The van der Waals surface area contributed by atoms with Crippen LogP contribution in [0.3, 0.4) is 0 Å². The summed E-state index contributed by atoms with van der Waals surface area (Å²) >= 11 is 0. The van der Waals surface area contributed by atoms with E-state index >= 15 is 0 Å². The lowest BCUT2D eigenvalue weighted by atomic mass is 9.85. The number of nitrogens with zero attached hydrogens (tertiary/aromatic N) is 2. The number of carbonyl (C=O) groups is 3. The van der Waals surface area contributed by atoms with Crippen LogP contribution in [0.15, 0.2) is 24.3 Å². The molecule has 3 aliphatic heterocycles. The van der Waals surface area contributed by atoms with Crippen molar-refractivity contribution in [2.24, 2.45) is 5.41 Å². The van der Waals surface area contributed by atoms with Crippen molar-refractivity contribution in [3.8, 4) is 0 Å². The van der Waals surface area contributed by atoms with Gasteiger partial charge in [0.15, 0.2) is 5.78 Å². The predicted octanol–water partition coefficient (Wildman–Crippen LogP) is 3.52. The van der Waals surface area contributed by atoms with Crippen LogP contribution in [-0.4, -0.2) is 77.9 Å². The molecule has 4 aliphatic rings. The molecule has 1 aliphatic carbocycles. The number of hydrogen-bond donors (Lipinski definition) is 1. The Balaban J connectivity index is 1.22. The number of ether oxygens (including phenoxy) is 1. The summed E-state index contributed by atoms with van der Waals surface area (Å²) in [5, 5.41) is 3.00. The van der Waals surface area contributed by atoms with Crippen molar-refractivity contribution >= 4 is 17.6 Å². The SMILES string of the molecule is CC(C)(C)CC(NC(=O)c1ccc(C2CCN(C3CCC3)CC2)cc1)C(=O)N1CC[C@H]2OCC(=O)[C@H]21. The fourth-order valence-corrected chi connectivity index (χ4v) is 6.35. The van der Waals surface area contributed by atoms with Crippen LogP contribution in [0.4, 0.5) is 0 Å². The van der Waals surface area contributed by atoms with Gasteiger partial charge in [0.1, 0.15) is 18.7 Å². The third-order valence-corrected chi connectivity index (χ3v) is 8.58. The van der Waals surface area contributed by atoms with Crippen molar-refractivity contribution in [1.82, 2.24) is 15.1 Å². The number of amides is 2. The molecule has 36 heavy (non-hydrogen) atoms. The minimum Gasteiger partial charge on any atom is -0.368 e. The van der Waals surface area contributed by atoms with E-state index in [0.717, 1.165) is 6.04 Å². The highest BCUT2D eigenvalue weighted by Crippen LogP contribution is 2.33. The Morgan fingerprint density at radius 3 is 2.33 bits per heavy atom. The number of hydrogen-bond acceptors (Lipinski definition) is 5. The van der Waals surface area contributed by atoms with Gasteiger partial charge in [-0.1, -0.05) is 39.3 Å². The van der Waals surface area contributed by atoms with Gasteiger partial charge in [-0.05, 0) is 80.6 Å². The average Bonchev–Trinajstić information content (AvgIpc) is 3.40. The molecule has 2 amide bonds. The molecule has 3 saturated heterocycles. The number of rotatable bonds is 6. The molecule has 0 bridgehead atoms. The lowest BCUT2D eigenvalue weighted by Crippen LogP contribution is -2.53. The first kappa shape index (κ1) is 25.4. The first-order valence-electron chi connectivity index (χ1n) is 13.8. The maximum absolute atomic E-state index is 13.5. The summed E-state index contributed by atoms with van der Waals surface area (Å²) < 4.78 is 5.55. The van der Waals surface area contributed by atoms with E-state index < -0.39 is 12.1 Å². The molecular weight excluding hydrogens is 454 g/mol. The Labute approximate surface area is 214 Å². The van der Waals surface area contributed by atoms with Gasteiger partial charge in [-0.3, -0.25) is 14.4 Å². The zero-order valence-electron chi connectivity index (χ0n) is 22.0. The molecule has 1 unspecified atom stereocenters. The molecule has 4 fully saturated rings. The standard InChI is InChI=1S/C29H41N3O4/c1-29(2,3)17-23(28(35)32-16-13-25-26(32)24(33)18-36-25)30-27(34)21-9-7-19(8-10-21)20-11-14-31(15-12-20)22-5-4-6-22/h7-10,20,22-23,25-26H,4-6,11-18H2,1-3H3,(H,30,34)/t23?,25-,26-/m1/s1. The van der Waals surface area contributed by atoms with Crippen LogP contribution in [0.5, 0.6) is 0 Å². The van der Waals surface area contributed by atoms with Gasteiger partial charge in [-0.25, -0.2) is 0 Å². The summed E-state index contributed by atoms with van der Waals surface area (Å²) in [6, 6.07) is 7.57. The third-order valence-electron chi connectivity index (χ3n) is 8.58. The molecular formula is C29H41N3O4. The maximum Gasteiger partial charge on any atom is 0.251 e. The molecule has 1 N–H and O–H groups in total. The number of carbonyl (C=O) groups excluding carboxylic acids is 3. The first-order chi connectivity index (χ1) is 17.2. The Morgan fingerprint density at radius 2 is 1.72 bits per heavy atom. The van der Waals surface area contributed by atoms with Gasteiger partial charge in [0.25, 0.3) is 5.91 Å². The maximum atomic E-state index is 13.5.